The third-order valence-corrected chi connectivity index (χ3v) is 58.1. The van der Waals surface area contributed by atoms with E-state index in [1.165, 1.54) is 56.7 Å². The number of nitrogens with one attached hydrogen (secondary N) is 2. The number of fused-ring (bicyclic) bond motifs is 3. The molecule has 0 aliphatic carbocycles. The molecule has 13 atom stereocenters. The van der Waals surface area contributed by atoms with E-state index in [2.05, 4.69) is 344 Å². The number of carbonyl (C=O) groups is 10. The van der Waals surface area contributed by atoms with Gasteiger partial charge in [-0.1, -0.05) is 127 Å². The zero-order valence-corrected chi connectivity index (χ0v) is 103. The Kier molecular flexibility index (Phi) is 88.4. The predicted molar refractivity (Wildman–Crippen MR) is 500 cm³/mol. The van der Waals surface area contributed by atoms with Crippen LogP contribution in [0.1, 0.15) is 52.2 Å². The van der Waals surface area contributed by atoms with E-state index in [0.717, 1.165) is 56.1 Å². The van der Waals surface area contributed by atoms with Crippen LogP contribution in [0.25, 0.3) is 32.3 Å². The number of thiophene rings is 3. The molecule has 0 aliphatic heterocycles. The molecule has 0 amide bonds. The Labute approximate surface area is 986 Å². The van der Waals surface area contributed by atoms with E-state index in [0.29, 0.717) is 44.9 Å². The summed E-state index contributed by atoms with van der Waals surface area (Å²) in [5.41, 5.74) is 0. The number of benzene rings is 6. The van der Waals surface area contributed by atoms with Gasteiger partial charge in [0.15, 0.2) is 18.3 Å². The zero-order valence-electron chi connectivity index (χ0n) is 69.9. The number of carbonyl (C=O) groups excluding carboxylic acids is 7. The molecular formula is C77H88I9K3N3O33S5-5. The number of aliphatic hydroxyl groups excluding tert-OH is 10. The van der Waals surface area contributed by atoms with Crippen molar-refractivity contribution in [1.29, 1.82) is 0 Å². The Bertz CT molecular complexity index is 4040. The number of hydrogen-bond donors (Lipinski definition) is 15. The molecular weight excluding hydrogens is 2910 g/mol. The smallest absolute Gasteiger partial charge is 0.547 e. The third kappa shape index (κ3) is 61.1. The monoisotopic (exact) mass is 3000 g/mol. The van der Waals surface area contributed by atoms with Gasteiger partial charge in [0.25, 0.3) is 0 Å². The van der Waals surface area contributed by atoms with Crippen LogP contribution in [-0.4, -0.2) is 254 Å². The number of hydrogen-bond acceptors (Lipinski definition) is 36. The first-order valence-electron chi connectivity index (χ1n) is 35.4. The standard InChI is InChI=1S/3C19H21NOS.5C4H6O6.2I3S.I3.3K/c3*1-20(2)13-12-18(19-11-6-14-22-19)21-17-10-5-8-15-7-3-4-9-16(15)17;5*5-1(3(7)8)2(6)4(9)10;2*1-3-4-2;1-3-2;;;/h3*3-11,14,18H,12-13H2,1-2H3;5*1-2,5-6H,(H,7,8)(H,9,10);;;;;;/q;;;;;;;;3*-1;3*+1/p-5/t2*18-;;;;;;;;;;;;/m00............/s1. The van der Waals surface area contributed by atoms with Crippen LogP contribution >= 0.6 is 163 Å². The molecule has 3 heterocycles. The Morgan fingerprint density at radius 3 is 0.731 bits per heavy atom. The number of aliphatic carboxylic acids is 10. The Morgan fingerprint density at radius 2 is 0.554 bits per heavy atom. The van der Waals surface area contributed by atoms with Crippen molar-refractivity contribution in [1.82, 2.24) is 4.90 Å². The van der Waals surface area contributed by atoms with Gasteiger partial charge in [0.05, 0.1) is 83.1 Å². The Morgan fingerprint density at radius 1 is 0.354 bits per heavy atom. The number of nitrogens with zero attached hydrogens (tertiary/aromatic N) is 1. The minimum absolute atomic E-state index is 0. The van der Waals surface area contributed by atoms with Crippen molar-refractivity contribution in [3.05, 3.63) is 195 Å². The first-order valence-corrected chi connectivity index (χ1v) is 75.0. The SMILES string of the molecule is CN(C)CCC(Oc1cccc2ccccc12)c1cccs1.C[NH+](C)CC[C@H](Oc1cccc2ccccc12)c1cccs1.C[NH+](C)CC[C@H](Oc1cccc2ccccc12)c1cccs1.IS[I-]I.IS[I-]I.I[I-]I.O=C(O)C(O)C(O)C(=O)O.O=C([O-])C(O)C(O)C(=O)O.O=C([O-])C(O)C(O)C(=O)[O-].O=C([O-])C(O)C(O)C(=O)[O-].O=C([O-])C(O)C(O)C(=O)[O-].[K+].[K+].[K+]. The summed E-state index contributed by atoms with van der Waals surface area (Å²) in [6, 6.07) is 56.8. The first kappa shape index (κ1) is 139. The summed E-state index contributed by atoms with van der Waals surface area (Å²) < 4.78 is 19.2. The molecule has 0 saturated heterocycles. The van der Waals surface area contributed by atoms with Crippen LogP contribution < -0.4 is 259 Å². The van der Waals surface area contributed by atoms with Crippen molar-refractivity contribution >= 4 is 255 Å². The molecule has 0 radical (unpaired) electrons. The fraction of sp³-hybridized carbons (Fsp3) is 0.325. The predicted octanol–water partition coefficient (Wildman–Crippen LogP) is -19.2. The van der Waals surface area contributed by atoms with Gasteiger partial charge in [0.2, 0.25) is 0 Å². The van der Waals surface area contributed by atoms with E-state index < -0.39 is 121 Å². The van der Waals surface area contributed by atoms with Gasteiger partial charge in [-0.05, 0) is 82.8 Å². The molecule has 3 aromatic heterocycles. The maximum Gasteiger partial charge on any atom is 1.00 e. The number of quaternary nitrogens is 2. The maximum absolute atomic E-state index is 9.77. The maximum atomic E-state index is 9.77. The first-order chi connectivity index (χ1) is 59.8. The third-order valence-electron chi connectivity index (χ3n) is 15.3. The van der Waals surface area contributed by atoms with Crippen LogP contribution in [0.15, 0.2) is 180 Å². The molecule has 6 aromatic carbocycles. The van der Waals surface area contributed by atoms with Crippen molar-refractivity contribution in [2.75, 3.05) is 61.9 Å². The summed E-state index contributed by atoms with van der Waals surface area (Å²) in [6.45, 7) is 3.19. The second-order valence-electron chi connectivity index (χ2n) is 25.4. The van der Waals surface area contributed by atoms with Gasteiger partial charge in [-0.25, -0.2) is 14.4 Å². The largest absolute Gasteiger partial charge is 1.00 e. The summed E-state index contributed by atoms with van der Waals surface area (Å²) in [5, 5.41) is 187. The molecule has 9 aromatic rings. The average Bonchev–Trinajstić information content (AvgIpc) is 0.939. The topological polar surface area (TPSA) is 635 Å². The molecule has 0 aliphatic rings. The number of carboxylic acid groups (broad SMARTS) is 10. The number of aliphatic hydroxyl groups is 10. The molecule has 0 bridgehead atoms. The van der Waals surface area contributed by atoms with E-state index in [-0.39, 0.29) is 172 Å². The summed E-state index contributed by atoms with van der Waals surface area (Å²) in [7, 11) is 12.9. The molecule has 710 valence electrons. The van der Waals surface area contributed by atoms with Crippen LogP contribution in [0, 0.1) is 0 Å². The van der Waals surface area contributed by atoms with Crippen LogP contribution in [0.5, 0.6) is 17.2 Å². The second-order valence-corrected chi connectivity index (χ2v) is 75.8. The quantitative estimate of drug-likeness (QED) is 0.0130. The van der Waals surface area contributed by atoms with Gasteiger partial charge < -0.3 is 165 Å². The molecule has 0 spiro atoms. The van der Waals surface area contributed by atoms with E-state index in [1.54, 1.807) is 34.0 Å². The van der Waals surface area contributed by atoms with Gasteiger partial charge in [-0.15, -0.1) is 34.0 Å². The van der Waals surface area contributed by atoms with Crippen molar-refractivity contribution in [2.45, 2.75) is 98.6 Å². The van der Waals surface area contributed by atoms with E-state index in [9.17, 15) is 83.7 Å². The van der Waals surface area contributed by atoms with E-state index in [1.807, 2.05) is 12.2 Å². The molecule has 15 N–H and O–H groups in total. The molecule has 130 heavy (non-hydrogen) atoms. The Balaban J connectivity index is -0.000000460. The molecule has 53 heteroatoms. The van der Waals surface area contributed by atoms with Gasteiger partial charge in [-0.3, -0.25) is 0 Å². The fourth-order valence-electron chi connectivity index (χ4n) is 9.08. The molecule has 36 nitrogen and oxygen atoms in total. The average molecular weight is 3000 g/mol. The van der Waals surface area contributed by atoms with Crippen molar-refractivity contribution in [2.24, 2.45) is 0 Å². The molecule has 11 unspecified atom stereocenters. The minimum Gasteiger partial charge on any atom is -0.547 e. The number of rotatable bonds is 35. The van der Waals surface area contributed by atoms with Gasteiger partial charge in [0, 0.05) is 56.6 Å². The summed E-state index contributed by atoms with van der Waals surface area (Å²) in [4.78, 5) is 106. The Hall–Kier alpha value is 0.959. The second kappa shape index (κ2) is 82.4. The van der Waals surface area contributed by atoms with E-state index in [4.69, 9.17) is 80.6 Å². The van der Waals surface area contributed by atoms with Crippen molar-refractivity contribution in [3.63, 3.8) is 0 Å². The minimum atomic E-state index is -2.44. The molecule has 9 rings (SSSR count). The summed E-state index contributed by atoms with van der Waals surface area (Å²) in [5.74, 6) is -16.8. The van der Waals surface area contributed by atoms with Crippen LogP contribution in [0.2, 0.25) is 0 Å². The number of ether oxygens (including phenoxy) is 3. The van der Waals surface area contributed by atoms with Crippen LogP contribution in [0.4, 0.5) is 0 Å². The normalized spacial score (nSPS) is 13.2. The zero-order chi connectivity index (χ0) is 97.2. The van der Waals surface area contributed by atoms with Crippen LogP contribution in [-0.2, 0) is 47.9 Å². The van der Waals surface area contributed by atoms with Crippen molar-refractivity contribution in [3.8, 4) is 17.2 Å². The summed E-state index contributed by atoms with van der Waals surface area (Å²) in [6.07, 6.45) is -16.7. The van der Waals surface area contributed by atoms with Crippen molar-refractivity contribution < 1.29 is 373 Å². The fourth-order valence-corrected chi connectivity index (χ4v) is 11.4. The number of carboxylic acids is 10. The van der Waals surface area contributed by atoms with E-state index >= 15 is 0 Å². The van der Waals surface area contributed by atoms with Gasteiger partial charge in [0.1, 0.15) is 78.3 Å². The molecule has 0 saturated carbocycles. The van der Waals surface area contributed by atoms with Gasteiger partial charge in [-0.2, -0.15) is 0 Å². The van der Waals surface area contributed by atoms with Gasteiger partial charge >= 0.3 is 346 Å². The number of halogens is 9. The molecule has 0 fully saturated rings. The summed E-state index contributed by atoms with van der Waals surface area (Å²) >= 11 is 21.0. The van der Waals surface area contributed by atoms with Crippen LogP contribution in [0.3, 0.4) is 0 Å².